The zero-order chi connectivity index (χ0) is 24.8. The minimum absolute atomic E-state index is 0.274. The summed E-state index contributed by atoms with van der Waals surface area (Å²) in [5, 5.41) is 8.31. The Kier molecular flexibility index (Phi) is 5.64. The first-order valence-corrected chi connectivity index (χ1v) is 12.5. The molecule has 1 aromatic heterocycles. The van der Waals surface area contributed by atoms with Crippen LogP contribution in [0.15, 0.2) is 77.0 Å². The lowest BCUT2D eigenvalue weighted by Crippen LogP contribution is -2.46. The maximum absolute atomic E-state index is 13.8. The van der Waals surface area contributed by atoms with E-state index >= 15 is 0 Å². The van der Waals surface area contributed by atoms with Crippen LogP contribution in [0, 0.1) is 12.7 Å². The first-order valence-electron chi connectivity index (χ1n) is 12.1. The van der Waals surface area contributed by atoms with Gasteiger partial charge in [-0.2, -0.15) is 4.98 Å². The highest BCUT2D eigenvalue weighted by atomic mass is 32.1. The molecular formula is C29H25FN4OS. The molecule has 5 nitrogen and oxygen atoms in total. The van der Waals surface area contributed by atoms with Gasteiger partial charge in [0.05, 0.1) is 11.6 Å². The second kappa shape index (κ2) is 8.99. The Morgan fingerprint density at radius 2 is 1.81 bits per heavy atom. The van der Waals surface area contributed by atoms with Gasteiger partial charge >= 0.3 is 0 Å². The summed E-state index contributed by atoms with van der Waals surface area (Å²) in [5.74, 6) is 0.363. The molecule has 0 spiro atoms. The Balaban J connectivity index is 1.49. The number of allylic oxidation sites excluding steroid dienone is 1. The van der Waals surface area contributed by atoms with Crippen molar-refractivity contribution in [2.24, 2.45) is 0 Å². The van der Waals surface area contributed by atoms with Crippen LogP contribution in [0.3, 0.4) is 0 Å². The number of anilines is 1. The summed E-state index contributed by atoms with van der Waals surface area (Å²) in [6.45, 7) is 4.09. The molecule has 0 saturated heterocycles. The number of nitrogens with zero attached hydrogens (tertiary/aromatic N) is 3. The molecule has 0 fully saturated rings. The van der Waals surface area contributed by atoms with Gasteiger partial charge in [-0.1, -0.05) is 53.2 Å². The highest BCUT2D eigenvalue weighted by Gasteiger charge is 2.35. The van der Waals surface area contributed by atoms with Gasteiger partial charge in [0, 0.05) is 16.9 Å². The van der Waals surface area contributed by atoms with Crippen LogP contribution in [0.4, 0.5) is 10.1 Å². The second-order valence-electron chi connectivity index (χ2n) is 9.37. The van der Waals surface area contributed by atoms with Crippen molar-refractivity contribution < 1.29 is 8.91 Å². The Labute approximate surface area is 214 Å². The van der Waals surface area contributed by atoms with Gasteiger partial charge in [0.1, 0.15) is 5.82 Å². The van der Waals surface area contributed by atoms with Crippen molar-refractivity contribution in [1.82, 2.24) is 15.5 Å². The maximum Gasteiger partial charge on any atom is 0.258 e. The summed E-state index contributed by atoms with van der Waals surface area (Å²) < 4.78 is 19.6. The van der Waals surface area contributed by atoms with Crippen molar-refractivity contribution in [1.29, 1.82) is 0 Å². The lowest BCUT2D eigenvalue weighted by atomic mass is 9.94. The summed E-state index contributed by atoms with van der Waals surface area (Å²) in [6.07, 6.45) is 3.39. The Hall–Kier alpha value is -3.84. The first kappa shape index (κ1) is 22.6. The van der Waals surface area contributed by atoms with Crippen molar-refractivity contribution in [3.8, 4) is 11.4 Å². The van der Waals surface area contributed by atoms with E-state index in [2.05, 4.69) is 64.8 Å². The Bertz CT molecular complexity index is 1510. The van der Waals surface area contributed by atoms with Crippen LogP contribution in [0.2, 0.25) is 0 Å². The summed E-state index contributed by atoms with van der Waals surface area (Å²) in [6, 6.07) is 20.8. The van der Waals surface area contributed by atoms with E-state index in [1.807, 2.05) is 11.8 Å². The lowest BCUT2D eigenvalue weighted by molar-refractivity contribution is 0.404. The average molecular weight is 497 g/mol. The minimum Gasteiger partial charge on any atom is -0.351 e. The summed E-state index contributed by atoms with van der Waals surface area (Å²) in [5.41, 5.74) is 8.31. The Morgan fingerprint density at radius 1 is 1.00 bits per heavy atom. The molecular weight excluding hydrogens is 471 g/mol. The van der Waals surface area contributed by atoms with Gasteiger partial charge in [0.25, 0.3) is 5.89 Å². The second-order valence-corrected chi connectivity index (χ2v) is 9.75. The van der Waals surface area contributed by atoms with E-state index in [9.17, 15) is 4.39 Å². The van der Waals surface area contributed by atoms with Crippen LogP contribution in [-0.4, -0.2) is 15.3 Å². The molecule has 0 radical (unpaired) electrons. The zero-order valence-electron chi connectivity index (χ0n) is 20.1. The molecule has 0 bridgehead atoms. The van der Waals surface area contributed by atoms with Crippen molar-refractivity contribution >= 4 is 28.6 Å². The average Bonchev–Trinajstić information content (AvgIpc) is 3.54. The lowest BCUT2D eigenvalue weighted by Gasteiger charge is -2.37. The quantitative estimate of drug-likeness (QED) is 0.324. The topological polar surface area (TPSA) is 54.2 Å². The third-order valence-electron chi connectivity index (χ3n) is 6.97. The molecule has 180 valence electrons. The molecule has 1 aliphatic carbocycles. The van der Waals surface area contributed by atoms with E-state index in [0.717, 1.165) is 35.4 Å². The number of aryl methyl sites for hydroxylation is 3. The van der Waals surface area contributed by atoms with Gasteiger partial charge in [0.15, 0.2) is 5.11 Å². The van der Waals surface area contributed by atoms with Gasteiger partial charge in [-0.05, 0) is 86.3 Å². The first-order chi connectivity index (χ1) is 17.5. The van der Waals surface area contributed by atoms with Crippen LogP contribution in [0.5, 0.6) is 0 Å². The van der Waals surface area contributed by atoms with E-state index in [4.69, 9.17) is 16.7 Å². The van der Waals surface area contributed by atoms with E-state index in [1.54, 1.807) is 12.1 Å². The summed E-state index contributed by atoms with van der Waals surface area (Å²) >= 11 is 5.89. The van der Waals surface area contributed by atoms with Crippen molar-refractivity contribution in [2.75, 3.05) is 4.90 Å². The van der Waals surface area contributed by atoms with Gasteiger partial charge < -0.3 is 9.84 Å². The molecule has 6 rings (SSSR count). The van der Waals surface area contributed by atoms with E-state index in [-0.39, 0.29) is 11.9 Å². The van der Waals surface area contributed by atoms with Crippen LogP contribution in [0.1, 0.15) is 47.5 Å². The number of halogens is 1. The number of hydrogen-bond donors (Lipinski definition) is 1. The monoisotopic (exact) mass is 496 g/mol. The molecule has 1 unspecified atom stereocenters. The van der Waals surface area contributed by atoms with Crippen LogP contribution in [0.25, 0.3) is 17.0 Å². The normalized spacial score (nSPS) is 17.4. The summed E-state index contributed by atoms with van der Waals surface area (Å²) in [7, 11) is 0. The number of benzene rings is 3. The van der Waals surface area contributed by atoms with Gasteiger partial charge in [0.2, 0.25) is 5.82 Å². The molecule has 1 atom stereocenters. The highest BCUT2D eigenvalue weighted by molar-refractivity contribution is 7.80. The number of hydrogen-bond acceptors (Lipinski definition) is 4. The smallest absolute Gasteiger partial charge is 0.258 e. The number of aromatic nitrogens is 2. The van der Waals surface area contributed by atoms with Crippen LogP contribution < -0.4 is 10.2 Å². The van der Waals surface area contributed by atoms with E-state index in [0.29, 0.717) is 22.4 Å². The van der Waals surface area contributed by atoms with E-state index < -0.39 is 0 Å². The SMILES string of the molecule is CC1=C(c2nc(-c3cccc(F)c3)no2)C(c2ccc(C)cc2)NC(=S)N1c1ccc2c(c1)CCC2. The van der Waals surface area contributed by atoms with Gasteiger partial charge in [-0.3, -0.25) is 4.90 Å². The highest BCUT2D eigenvalue weighted by Crippen LogP contribution is 2.40. The molecule has 36 heavy (non-hydrogen) atoms. The van der Waals surface area contributed by atoms with Crippen LogP contribution in [-0.2, 0) is 12.8 Å². The van der Waals surface area contributed by atoms with Crippen molar-refractivity contribution in [3.05, 3.63) is 106 Å². The molecule has 2 aliphatic rings. The Morgan fingerprint density at radius 3 is 2.61 bits per heavy atom. The predicted octanol–water partition coefficient (Wildman–Crippen LogP) is 6.54. The standard InChI is InChI=1S/C29H25FN4OS/c1-17-9-11-20(12-10-17)26-25(28-32-27(33-35-28)22-7-4-8-23(30)15-22)18(2)34(29(36)31-26)24-14-13-19-5-3-6-21(19)16-24/h4,7-16,26H,3,5-6H2,1-2H3,(H,31,36). The number of fused-ring (bicyclic) bond motifs is 1. The van der Waals surface area contributed by atoms with Crippen molar-refractivity contribution in [2.45, 2.75) is 39.2 Å². The number of thiocarbonyl (C=S) groups is 1. The third-order valence-corrected chi connectivity index (χ3v) is 7.28. The summed E-state index contributed by atoms with van der Waals surface area (Å²) in [4.78, 5) is 6.73. The molecule has 2 heterocycles. The largest absolute Gasteiger partial charge is 0.351 e. The van der Waals surface area contributed by atoms with Gasteiger partial charge in [-0.25, -0.2) is 4.39 Å². The molecule has 0 saturated carbocycles. The maximum atomic E-state index is 13.8. The zero-order valence-corrected chi connectivity index (χ0v) is 20.9. The molecule has 1 aliphatic heterocycles. The van der Waals surface area contributed by atoms with Crippen molar-refractivity contribution in [3.63, 3.8) is 0 Å². The molecule has 3 aromatic carbocycles. The van der Waals surface area contributed by atoms with Crippen LogP contribution >= 0.6 is 12.2 Å². The third kappa shape index (κ3) is 3.99. The number of nitrogens with one attached hydrogen (secondary N) is 1. The molecule has 1 N–H and O–H groups in total. The molecule has 4 aromatic rings. The predicted molar refractivity (Wildman–Crippen MR) is 143 cm³/mol. The fraction of sp³-hybridized carbons (Fsp3) is 0.207. The molecule has 0 amide bonds. The fourth-order valence-corrected chi connectivity index (χ4v) is 5.48. The minimum atomic E-state index is -0.348. The van der Waals surface area contributed by atoms with Gasteiger partial charge in [-0.15, -0.1) is 0 Å². The fourth-order valence-electron chi connectivity index (χ4n) is 5.11. The molecule has 7 heteroatoms. The van der Waals surface area contributed by atoms with E-state index in [1.165, 1.54) is 35.2 Å². The number of rotatable bonds is 4.